The predicted octanol–water partition coefficient (Wildman–Crippen LogP) is 1.69. The summed E-state index contributed by atoms with van der Waals surface area (Å²) in [6, 6.07) is 1.90. The van der Waals surface area contributed by atoms with Gasteiger partial charge in [0, 0.05) is 12.7 Å². The van der Waals surface area contributed by atoms with Gasteiger partial charge in [-0.15, -0.1) is 0 Å². The van der Waals surface area contributed by atoms with Crippen LogP contribution in [-0.4, -0.2) is 16.5 Å². The highest BCUT2D eigenvalue weighted by molar-refractivity contribution is 5.31. The number of rotatable bonds is 4. The molecule has 0 unspecified atom stereocenters. The average molecular weight is 163 g/mol. The minimum Gasteiger partial charge on any atom is -0.370 e. The molecular formula is C9H13N3. The number of aromatic nitrogens is 2. The SMILES string of the molecule is c1cc(NCCC2CC2)ncn1. The lowest BCUT2D eigenvalue weighted by atomic mass is 10.3. The molecule has 0 aromatic carbocycles. The maximum Gasteiger partial charge on any atom is 0.129 e. The predicted molar refractivity (Wildman–Crippen MR) is 47.9 cm³/mol. The summed E-state index contributed by atoms with van der Waals surface area (Å²) in [6.07, 6.45) is 7.45. The van der Waals surface area contributed by atoms with E-state index in [1.807, 2.05) is 6.07 Å². The summed E-state index contributed by atoms with van der Waals surface area (Å²) in [4.78, 5) is 7.92. The van der Waals surface area contributed by atoms with Gasteiger partial charge >= 0.3 is 0 Å². The fourth-order valence-corrected chi connectivity index (χ4v) is 1.21. The Morgan fingerprint density at radius 2 is 2.42 bits per heavy atom. The van der Waals surface area contributed by atoms with Crippen molar-refractivity contribution in [1.29, 1.82) is 0 Å². The van der Waals surface area contributed by atoms with Crippen LogP contribution < -0.4 is 5.32 Å². The number of nitrogens with zero attached hydrogens (tertiary/aromatic N) is 2. The Bertz CT molecular complexity index is 231. The fraction of sp³-hybridized carbons (Fsp3) is 0.556. The molecule has 0 atom stereocenters. The summed E-state index contributed by atoms with van der Waals surface area (Å²) in [7, 11) is 0. The summed E-state index contributed by atoms with van der Waals surface area (Å²) >= 11 is 0. The molecule has 1 aliphatic rings. The Hall–Kier alpha value is -1.12. The molecule has 3 heteroatoms. The standard InChI is InChI=1S/C9H13N3/c1-2-8(1)3-6-11-9-4-5-10-7-12-9/h4-5,7-8H,1-3,6H2,(H,10,11,12). The van der Waals surface area contributed by atoms with Crippen molar-refractivity contribution in [1.82, 2.24) is 9.97 Å². The molecule has 0 bridgehead atoms. The molecule has 3 nitrogen and oxygen atoms in total. The molecular weight excluding hydrogens is 150 g/mol. The van der Waals surface area contributed by atoms with Crippen LogP contribution in [0, 0.1) is 5.92 Å². The van der Waals surface area contributed by atoms with E-state index in [-0.39, 0.29) is 0 Å². The normalized spacial score (nSPS) is 16.0. The summed E-state index contributed by atoms with van der Waals surface area (Å²) in [6.45, 7) is 1.04. The molecule has 0 saturated heterocycles. The van der Waals surface area contributed by atoms with Gasteiger partial charge in [0.2, 0.25) is 0 Å². The average Bonchev–Trinajstić information content (AvgIpc) is 2.90. The van der Waals surface area contributed by atoms with E-state index in [0.717, 1.165) is 18.3 Å². The van der Waals surface area contributed by atoms with Gasteiger partial charge in [-0.25, -0.2) is 9.97 Å². The van der Waals surface area contributed by atoms with E-state index in [4.69, 9.17) is 0 Å². The van der Waals surface area contributed by atoms with Crippen LogP contribution in [0.1, 0.15) is 19.3 Å². The van der Waals surface area contributed by atoms with Crippen LogP contribution in [0.4, 0.5) is 5.82 Å². The Kier molecular flexibility index (Phi) is 2.21. The first-order valence-electron chi connectivity index (χ1n) is 4.45. The summed E-state index contributed by atoms with van der Waals surface area (Å²) in [5.74, 6) is 1.92. The van der Waals surface area contributed by atoms with E-state index in [2.05, 4.69) is 15.3 Å². The largest absolute Gasteiger partial charge is 0.370 e. The molecule has 0 radical (unpaired) electrons. The lowest BCUT2D eigenvalue weighted by molar-refractivity contribution is 0.758. The van der Waals surface area contributed by atoms with Gasteiger partial charge in [-0.05, 0) is 18.4 Å². The second kappa shape index (κ2) is 3.52. The third-order valence-corrected chi connectivity index (χ3v) is 2.14. The van der Waals surface area contributed by atoms with Crippen LogP contribution in [0.2, 0.25) is 0 Å². The van der Waals surface area contributed by atoms with E-state index < -0.39 is 0 Å². The van der Waals surface area contributed by atoms with Gasteiger partial charge < -0.3 is 5.32 Å². The van der Waals surface area contributed by atoms with Crippen molar-refractivity contribution in [2.75, 3.05) is 11.9 Å². The minimum atomic E-state index is 0.936. The second-order valence-electron chi connectivity index (χ2n) is 3.25. The van der Waals surface area contributed by atoms with Crippen LogP contribution in [0.3, 0.4) is 0 Å². The van der Waals surface area contributed by atoms with Crippen molar-refractivity contribution in [3.05, 3.63) is 18.6 Å². The molecule has 1 saturated carbocycles. The van der Waals surface area contributed by atoms with Gasteiger partial charge in [0.25, 0.3) is 0 Å². The highest BCUT2D eigenvalue weighted by Gasteiger charge is 2.19. The Balaban J connectivity index is 1.72. The highest BCUT2D eigenvalue weighted by atomic mass is 15.0. The van der Waals surface area contributed by atoms with Gasteiger partial charge in [0.05, 0.1) is 0 Å². The number of hydrogen-bond acceptors (Lipinski definition) is 3. The quantitative estimate of drug-likeness (QED) is 0.734. The number of anilines is 1. The van der Waals surface area contributed by atoms with Crippen molar-refractivity contribution >= 4 is 5.82 Å². The molecule has 0 amide bonds. The maximum atomic E-state index is 4.07. The van der Waals surface area contributed by atoms with Crippen molar-refractivity contribution in [2.24, 2.45) is 5.92 Å². The number of nitrogens with one attached hydrogen (secondary N) is 1. The highest BCUT2D eigenvalue weighted by Crippen LogP contribution is 2.31. The molecule has 2 rings (SSSR count). The minimum absolute atomic E-state index is 0.936. The smallest absolute Gasteiger partial charge is 0.129 e. The van der Waals surface area contributed by atoms with Crippen molar-refractivity contribution in [3.8, 4) is 0 Å². The molecule has 1 heterocycles. The van der Waals surface area contributed by atoms with Gasteiger partial charge in [-0.2, -0.15) is 0 Å². The molecule has 1 aliphatic carbocycles. The molecule has 0 spiro atoms. The lowest BCUT2D eigenvalue weighted by Crippen LogP contribution is -2.03. The number of hydrogen-bond donors (Lipinski definition) is 1. The van der Waals surface area contributed by atoms with Crippen LogP contribution >= 0.6 is 0 Å². The third kappa shape index (κ3) is 2.19. The summed E-state index contributed by atoms with van der Waals surface area (Å²) < 4.78 is 0. The van der Waals surface area contributed by atoms with E-state index in [0.29, 0.717) is 0 Å². The molecule has 0 aliphatic heterocycles. The first kappa shape index (κ1) is 7.53. The zero-order chi connectivity index (χ0) is 8.23. The van der Waals surface area contributed by atoms with Crippen LogP contribution in [0.5, 0.6) is 0 Å². The van der Waals surface area contributed by atoms with Crippen molar-refractivity contribution in [2.45, 2.75) is 19.3 Å². The van der Waals surface area contributed by atoms with Crippen LogP contribution in [0.25, 0.3) is 0 Å². The van der Waals surface area contributed by atoms with Crippen molar-refractivity contribution in [3.63, 3.8) is 0 Å². The molecule has 1 fully saturated rings. The van der Waals surface area contributed by atoms with Gasteiger partial charge in [-0.3, -0.25) is 0 Å². The Morgan fingerprint density at radius 3 is 3.08 bits per heavy atom. The van der Waals surface area contributed by atoms with E-state index in [1.165, 1.54) is 19.3 Å². The molecule has 1 N–H and O–H groups in total. The zero-order valence-electron chi connectivity index (χ0n) is 7.03. The summed E-state index contributed by atoms with van der Waals surface area (Å²) in [5, 5.41) is 3.26. The van der Waals surface area contributed by atoms with E-state index in [1.54, 1.807) is 12.5 Å². The lowest BCUT2D eigenvalue weighted by Gasteiger charge is -2.02. The maximum absolute atomic E-state index is 4.07. The monoisotopic (exact) mass is 163 g/mol. The molecule has 1 aromatic rings. The van der Waals surface area contributed by atoms with Gasteiger partial charge in [-0.1, -0.05) is 12.8 Å². The molecule has 12 heavy (non-hydrogen) atoms. The fourth-order valence-electron chi connectivity index (χ4n) is 1.21. The van der Waals surface area contributed by atoms with Crippen LogP contribution in [0.15, 0.2) is 18.6 Å². The first-order chi connectivity index (χ1) is 5.95. The van der Waals surface area contributed by atoms with Crippen molar-refractivity contribution < 1.29 is 0 Å². The molecule has 1 aromatic heterocycles. The van der Waals surface area contributed by atoms with E-state index in [9.17, 15) is 0 Å². The topological polar surface area (TPSA) is 37.8 Å². The van der Waals surface area contributed by atoms with Crippen LogP contribution in [-0.2, 0) is 0 Å². The third-order valence-electron chi connectivity index (χ3n) is 2.14. The molecule has 64 valence electrons. The van der Waals surface area contributed by atoms with Gasteiger partial charge in [0.15, 0.2) is 0 Å². The summed E-state index contributed by atoms with van der Waals surface area (Å²) in [5.41, 5.74) is 0. The zero-order valence-corrected chi connectivity index (χ0v) is 7.03. The van der Waals surface area contributed by atoms with Gasteiger partial charge in [0.1, 0.15) is 12.1 Å². The Morgan fingerprint density at radius 1 is 1.50 bits per heavy atom. The Labute approximate surface area is 72.2 Å². The van der Waals surface area contributed by atoms with E-state index >= 15 is 0 Å². The first-order valence-corrected chi connectivity index (χ1v) is 4.45. The second-order valence-corrected chi connectivity index (χ2v) is 3.25.